The molecule has 0 aliphatic carbocycles. The fraction of sp³-hybridized carbons (Fsp3) is 0.250. The Morgan fingerprint density at radius 1 is 1.08 bits per heavy atom. The number of hydrogen-bond acceptors (Lipinski definition) is 5. The zero-order valence-electron chi connectivity index (χ0n) is 14.6. The molecule has 2 aromatic carbocycles. The highest BCUT2D eigenvalue weighted by molar-refractivity contribution is 7.98. The van der Waals surface area contributed by atoms with Crippen LogP contribution in [0, 0.1) is 0 Å². The Hall–Kier alpha value is -2.24. The van der Waals surface area contributed by atoms with Gasteiger partial charge in [-0.1, -0.05) is 12.1 Å². The van der Waals surface area contributed by atoms with Crippen LogP contribution < -0.4 is 10.4 Å². The largest absolute Gasteiger partial charge is 0.497 e. The normalized spacial score (nSPS) is 11.2. The van der Waals surface area contributed by atoms with E-state index in [-0.39, 0.29) is 5.63 Å². The third kappa shape index (κ3) is 4.24. The van der Waals surface area contributed by atoms with E-state index in [9.17, 15) is 4.79 Å². The van der Waals surface area contributed by atoms with Crippen molar-refractivity contribution in [1.29, 1.82) is 0 Å². The molecule has 0 atom stereocenters. The number of ether oxygens (including phenoxy) is 1. The predicted octanol–water partition coefficient (Wildman–Crippen LogP) is 4.16. The summed E-state index contributed by atoms with van der Waals surface area (Å²) in [6.07, 6.45) is 2.07. The maximum absolute atomic E-state index is 11.9. The van der Waals surface area contributed by atoms with Crippen molar-refractivity contribution in [3.05, 3.63) is 70.1 Å². The number of nitrogens with zero attached hydrogens (tertiary/aromatic N) is 1. The first-order valence-corrected chi connectivity index (χ1v) is 9.24. The van der Waals surface area contributed by atoms with Crippen molar-refractivity contribution in [3.8, 4) is 5.75 Å². The van der Waals surface area contributed by atoms with Gasteiger partial charge in [0.2, 0.25) is 0 Å². The predicted molar refractivity (Wildman–Crippen MR) is 102 cm³/mol. The van der Waals surface area contributed by atoms with Gasteiger partial charge in [-0.15, -0.1) is 11.8 Å². The van der Waals surface area contributed by atoms with Crippen molar-refractivity contribution >= 4 is 22.7 Å². The lowest BCUT2D eigenvalue weighted by Gasteiger charge is -2.18. The van der Waals surface area contributed by atoms with Crippen LogP contribution in [0.15, 0.2) is 62.6 Å². The average molecular weight is 355 g/mol. The first-order valence-electron chi connectivity index (χ1n) is 8.01. The molecule has 0 N–H and O–H groups in total. The third-order valence-corrected chi connectivity index (χ3v) is 4.83. The maximum atomic E-state index is 11.9. The van der Waals surface area contributed by atoms with Crippen LogP contribution in [-0.2, 0) is 13.1 Å². The van der Waals surface area contributed by atoms with E-state index in [2.05, 4.69) is 35.4 Å². The van der Waals surface area contributed by atoms with Crippen LogP contribution in [-0.4, -0.2) is 25.3 Å². The summed E-state index contributed by atoms with van der Waals surface area (Å²) in [5, 5.41) is 0.935. The number of thioether (sulfide) groups is 1. The minimum Gasteiger partial charge on any atom is -0.497 e. The van der Waals surface area contributed by atoms with Crippen molar-refractivity contribution in [3.63, 3.8) is 0 Å². The van der Waals surface area contributed by atoms with Gasteiger partial charge in [-0.05, 0) is 48.7 Å². The summed E-state index contributed by atoms with van der Waals surface area (Å²) >= 11 is 1.74. The molecule has 3 aromatic rings. The molecule has 0 unspecified atom stereocenters. The van der Waals surface area contributed by atoms with E-state index in [1.165, 1.54) is 10.5 Å². The molecule has 3 rings (SSSR count). The number of benzene rings is 2. The zero-order valence-corrected chi connectivity index (χ0v) is 15.4. The van der Waals surface area contributed by atoms with Gasteiger partial charge in [-0.25, -0.2) is 4.79 Å². The van der Waals surface area contributed by atoms with Gasteiger partial charge in [0.25, 0.3) is 0 Å². The molecular weight excluding hydrogens is 334 g/mol. The Labute approximate surface area is 151 Å². The van der Waals surface area contributed by atoms with Gasteiger partial charge in [-0.2, -0.15) is 0 Å². The van der Waals surface area contributed by atoms with Crippen LogP contribution in [0.25, 0.3) is 11.0 Å². The molecule has 0 saturated carbocycles. The van der Waals surface area contributed by atoms with Crippen LogP contribution in [0.2, 0.25) is 0 Å². The van der Waals surface area contributed by atoms with Gasteiger partial charge < -0.3 is 9.15 Å². The van der Waals surface area contributed by atoms with Crippen molar-refractivity contribution in [1.82, 2.24) is 4.90 Å². The molecule has 0 bridgehead atoms. The molecule has 130 valence electrons. The van der Waals surface area contributed by atoms with E-state index in [1.54, 1.807) is 31.0 Å². The Balaban J connectivity index is 1.82. The van der Waals surface area contributed by atoms with E-state index in [1.807, 2.05) is 19.2 Å². The fourth-order valence-electron chi connectivity index (χ4n) is 2.86. The molecule has 0 aliphatic heterocycles. The Morgan fingerprint density at radius 2 is 1.84 bits per heavy atom. The lowest BCUT2D eigenvalue weighted by Crippen LogP contribution is -2.18. The summed E-state index contributed by atoms with van der Waals surface area (Å²) in [6, 6.07) is 15.7. The molecular formula is C20H21NO3S. The second-order valence-electron chi connectivity index (χ2n) is 5.97. The quantitative estimate of drug-likeness (QED) is 0.491. The van der Waals surface area contributed by atoms with Crippen molar-refractivity contribution in [2.24, 2.45) is 0 Å². The van der Waals surface area contributed by atoms with Gasteiger partial charge >= 0.3 is 5.63 Å². The van der Waals surface area contributed by atoms with Crippen LogP contribution in [0.1, 0.15) is 11.1 Å². The monoisotopic (exact) mass is 355 g/mol. The minimum absolute atomic E-state index is 0.339. The molecule has 0 spiro atoms. The second-order valence-corrected chi connectivity index (χ2v) is 6.85. The summed E-state index contributed by atoms with van der Waals surface area (Å²) in [6.45, 7) is 1.48. The summed E-state index contributed by atoms with van der Waals surface area (Å²) in [5.74, 6) is 0.676. The highest BCUT2D eigenvalue weighted by atomic mass is 32.2. The molecule has 0 aliphatic rings. The SMILES string of the molecule is COc1ccc2c(CN(C)Cc3ccc(SC)cc3)cc(=O)oc2c1. The lowest BCUT2D eigenvalue weighted by molar-refractivity contribution is 0.319. The first-order chi connectivity index (χ1) is 12.1. The summed E-state index contributed by atoms with van der Waals surface area (Å²) < 4.78 is 10.5. The van der Waals surface area contributed by atoms with Crippen molar-refractivity contribution < 1.29 is 9.15 Å². The topological polar surface area (TPSA) is 42.7 Å². The average Bonchev–Trinajstić information content (AvgIpc) is 2.61. The Bertz CT molecular complexity index is 918. The van der Waals surface area contributed by atoms with Gasteiger partial charge in [0.05, 0.1) is 7.11 Å². The third-order valence-electron chi connectivity index (χ3n) is 4.09. The van der Waals surface area contributed by atoms with Crippen LogP contribution in [0.5, 0.6) is 5.75 Å². The smallest absolute Gasteiger partial charge is 0.336 e. The molecule has 4 nitrogen and oxygen atoms in total. The number of hydrogen-bond donors (Lipinski definition) is 0. The van der Waals surface area contributed by atoms with E-state index in [0.717, 1.165) is 17.5 Å². The highest BCUT2D eigenvalue weighted by Gasteiger charge is 2.10. The lowest BCUT2D eigenvalue weighted by atomic mass is 10.1. The zero-order chi connectivity index (χ0) is 17.8. The summed E-state index contributed by atoms with van der Waals surface area (Å²) in [5.41, 5.74) is 2.42. The Morgan fingerprint density at radius 3 is 2.52 bits per heavy atom. The molecule has 0 radical (unpaired) electrons. The van der Waals surface area contributed by atoms with Crippen molar-refractivity contribution in [2.45, 2.75) is 18.0 Å². The van der Waals surface area contributed by atoms with E-state index in [4.69, 9.17) is 9.15 Å². The standard InChI is InChI=1S/C20H21NO3S/c1-21(12-14-4-7-17(25-3)8-5-14)13-15-10-20(22)24-19-11-16(23-2)6-9-18(15)19/h4-11H,12-13H2,1-3H3. The summed E-state index contributed by atoms with van der Waals surface area (Å²) in [4.78, 5) is 15.3. The van der Waals surface area contributed by atoms with E-state index in [0.29, 0.717) is 17.9 Å². The molecule has 0 saturated heterocycles. The fourth-order valence-corrected chi connectivity index (χ4v) is 3.27. The van der Waals surface area contributed by atoms with Crippen LogP contribution in [0.3, 0.4) is 0 Å². The molecule has 1 aromatic heterocycles. The van der Waals surface area contributed by atoms with E-state index >= 15 is 0 Å². The minimum atomic E-state index is -0.339. The second kappa shape index (κ2) is 7.76. The highest BCUT2D eigenvalue weighted by Crippen LogP contribution is 2.23. The van der Waals surface area contributed by atoms with Gasteiger partial charge in [-0.3, -0.25) is 4.90 Å². The van der Waals surface area contributed by atoms with Crippen LogP contribution in [0.4, 0.5) is 0 Å². The number of methoxy groups -OCH3 is 1. The Kier molecular flexibility index (Phi) is 5.46. The first kappa shape index (κ1) is 17.6. The molecule has 1 heterocycles. The maximum Gasteiger partial charge on any atom is 0.336 e. The van der Waals surface area contributed by atoms with Crippen LogP contribution >= 0.6 is 11.8 Å². The van der Waals surface area contributed by atoms with Gasteiger partial charge in [0.15, 0.2) is 0 Å². The van der Waals surface area contributed by atoms with Crippen molar-refractivity contribution in [2.75, 3.05) is 20.4 Å². The molecule has 25 heavy (non-hydrogen) atoms. The van der Waals surface area contributed by atoms with Gasteiger partial charge in [0.1, 0.15) is 11.3 Å². The molecule has 0 fully saturated rings. The van der Waals surface area contributed by atoms with E-state index < -0.39 is 0 Å². The number of fused-ring (bicyclic) bond motifs is 1. The summed E-state index contributed by atoms with van der Waals surface area (Å²) in [7, 11) is 3.64. The molecule has 5 heteroatoms. The number of rotatable bonds is 6. The molecule has 0 amide bonds. The van der Waals surface area contributed by atoms with Gasteiger partial charge in [0, 0.05) is 35.5 Å².